The molecule has 0 spiro atoms. The highest BCUT2D eigenvalue weighted by Gasteiger charge is 2.42. The molecule has 0 bridgehead atoms. The van der Waals surface area contributed by atoms with Crippen molar-refractivity contribution in [2.24, 2.45) is 0 Å². The van der Waals surface area contributed by atoms with Crippen molar-refractivity contribution in [3.63, 3.8) is 0 Å². The van der Waals surface area contributed by atoms with Crippen LogP contribution in [0.3, 0.4) is 0 Å². The monoisotopic (exact) mass is 1560 g/mol. The van der Waals surface area contributed by atoms with Crippen molar-refractivity contribution in [2.45, 2.75) is 0 Å². The molecule has 0 amide bonds. The van der Waals surface area contributed by atoms with E-state index < -0.39 is 8.07 Å². The Bertz CT molecular complexity index is 7840. The second kappa shape index (κ2) is 30.3. The van der Waals surface area contributed by atoms with Crippen molar-refractivity contribution in [3.8, 4) is 95.6 Å². The van der Waals surface area contributed by atoms with Crippen LogP contribution in [0.2, 0.25) is 0 Å². The number of fused-ring (bicyclic) bond motifs is 12. The summed E-state index contributed by atoms with van der Waals surface area (Å²) in [7, 11) is -2.82. The summed E-state index contributed by atoms with van der Waals surface area (Å²) in [5, 5.41) is 24.6. The van der Waals surface area contributed by atoms with Crippen LogP contribution in [-0.2, 0) is 0 Å². The minimum atomic E-state index is -2.82. The molecule has 0 aliphatic carbocycles. The van der Waals surface area contributed by atoms with Crippen LogP contribution in [0.25, 0.3) is 177 Å². The number of benzene rings is 19. The highest BCUT2D eigenvalue weighted by molar-refractivity contribution is 7.20. The first-order valence-corrected chi connectivity index (χ1v) is 43.4. The summed E-state index contributed by atoms with van der Waals surface area (Å²) >= 11 is 0. The zero-order valence-electron chi connectivity index (χ0n) is 66.2. The lowest BCUT2D eigenvalue weighted by atomic mass is 10.0. The Labute approximate surface area is 703 Å². The first-order chi connectivity index (χ1) is 59.9. The predicted octanol–water partition coefficient (Wildman–Crippen LogP) is 27.0. The first-order valence-electron chi connectivity index (χ1n) is 41.4. The van der Waals surface area contributed by atoms with Crippen LogP contribution in [0.4, 0.5) is 0 Å². The zero-order valence-corrected chi connectivity index (χ0v) is 67.2. The van der Waals surface area contributed by atoms with Crippen molar-refractivity contribution in [3.05, 3.63) is 473 Å². The van der Waals surface area contributed by atoms with Gasteiger partial charge in [-0.15, -0.1) is 0 Å². The minimum Gasteiger partial charge on any atom is -0.309 e. The fourth-order valence-corrected chi connectivity index (χ4v) is 23.8. The Hall–Kier alpha value is -15.9. The van der Waals surface area contributed by atoms with Crippen molar-refractivity contribution < 1.29 is 0 Å². The van der Waals surface area contributed by atoms with Gasteiger partial charge < -0.3 is 18.3 Å². The molecule has 4 heterocycles. The van der Waals surface area contributed by atoms with E-state index in [0.717, 1.165) is 39.4 Å². The van der Waals surface area contributed by atoms with Crippen LogP contribution in [0.5, 0.6) is 0 Å². The molecule has 0 aliphatic rings. The van der Waals surface area contributed by atoms with Crippen molar-refractivity contribution >= 4 is 116 Å². The van der Waals surface area contributed by atoms with Crippen LogP contribution in [0.15, 0.2) is 467 Å². The maximum atomic E-state index is 9.28. The molecule has 0 fully saturated rings. The van der Waals surface area contributed by atoms with Gasteiger partial charge >= 0.3 is 0 Å². The second-order valence-corrected chi connectivity index (χ2v) is 35.2. The maximum absolute atomic E-state index is 9.28. The van der Waals surface area contributed by atoms with Gasteiger partial charge in [0.25, 0.3) is 0 Å². The third-order valence-electron chi connectivity index (χ3n) is 24.6. The molecule has 0 radical (unpaired) electrons. The van der Waals surface area contributed by atoms with E-state index in [1.54, 1.807) is 0 Å². The lowest BCUT2D eigenvalue weighted by Crippen LogP contribution is -2.74. The smallest absolute Gasteiger partial charge is 0.179 e. The van der Waals surface area contributed by atoms with Gasteiger partial charge in [0.2, 0.25) is 0 Å². The van der Waals surface area contributed by atoms with Gasteiger partial charge in [-0.25, -0.2) is 0 Å². The van der Waals surface area contributed by atoms with Crippen molar-refractivity contribution in [2.75, 3.05) is 0 Å². The van der Waals surface area contributed by atoms with Crippen LogP contribution in [0, 0.1) is 11.3 Å². The summed E-state index contributed by atoms with van der Waals surface area (Å²) in [5.41, 5.74) is 28.9. The molecule has 5 nitrogen and oxygen atoms in total. The average molecular weight is 1560 g/mol. The van der Waals surface area contributed by atoms with E-state index in [0.29, 0.717) is 5.56 Å². The van der Waals surface area contributed by atoms with E-state index in [9.17, 15) is 5.26 Å². The SMILES string of the molecule is N#Cc1ccc(-c2cccc(-n3c4ccccc4c4cc(-c5ccc6c(c5)c5ccccc5n6-c5cccc(-c6ccccc6)c5)ccc43)c2)cc1.c1ccc(-c2cccc(-n3c4ccccc4c4cc(-c5ccc6c(c5)c5ccc([Si](c7ccccc7)(c7ccccc7)c7ccccc7)cc5n6-c5cccc(-c6ccccc6)c5)ccc43)c2)cc1. The Morgan fingerprint density at radius 3 is 0.711 bits per heavy atom. The fourth-order valence-electron chi connectivity index (χ4n) is 19.0. The molecule has 121 heavy (non-hydrogen) atoms. The standard InChI is InChI=1S/C66H46N2Si.C49H31N3/c1-6-20-47(21-7-1)49-24-18-26-53(42-49)67-63-35-17-16-34-59(63)61-44-51(36-40-64(61)67)52-37-41-65-62(45-52)60-39-38-58(46-66(60)68(65)54-27-19-25-50(43-54)48-22-8-2-9-23-48)69(55-28-10-3-11-29-55,56-30-12-4-13-31-56)57-32-14-5-15-33-57;50-32-33-20-22-35(23-21-33)37-13-9-15-41(29-37)52-47-19-7-5-17-43(47)45-31-39(25-27-49(45)52)38-24-26-48-44(30-38)42-16-4-6-18-46(42)51(48)40-14-8-12-36(28-40)34-10-2-1-3-11-34/h1-46H;1-31H. The number of nitriles is 1. The van der Waals surface area contributed by atoms with Gasteiger partial charge in [0.1, 0.15) is 0 Å². The predicted molar refractivity (Wildman–Crippen MR) is 511 cm³/mol. The van der Waals surface area contributed by atoms with Gasteiger partial charge in [0.15, 0.2) is 8.07 Å². The largest absolute Gasteiger partial charge is 0.309 e. The van der Waals surface area contributed by atoms with E-state index in [1.807, 2.05) is 24.3 Å². The van der Waals surface area contributed by atoms with E-state index in [2.05, 4.69) is 467 Å². The number of nitrogens with zero attached hydrogens (tertiary/aromatic N) is 5. The fraction of sp³-hybridized carbons (Fsp3) is 0. The molecule has 0 saturated carbocycles. The molecule has 0 atom stereocenters. The Balaban J connectivity index is 0.000000151. The topological polar surface area (TPSA) is 43.5 Å². The molecule has 0 saturated heterocycles. The van der Waals surface area contributed by atoms with Crippen LogP contribution >= 0.6 is 0 Å². The van der Waals surface area contributed by atoms with Gasteiger partial charge in [-0.2, -0.15) is 5.26 Å². The number of rotatable bonds is 14. The Kier molecular flexibility index (Phi) is 17.9. The third kappa shape index (κ3) is 12.5. The van der Waals surface area contributed by atoms with Gasteiger partial charge in [0, 0.05) is 65.8 Å². The third-order valence-corrected chi connectivity index (χ3v) is 29.4. The van der Waals surface area contributed by atoms with E-state index >= 15 is 0 Å². The quantitative estimate of drug-likeness (QED) is 0.0790. The highest BCUT2D eigenvalue weighted by atomic mass is 28.3. The van der Waals surface area contributed by atoms with E-state index in [1.165, 1.54) is 158 Å². The molecule has 566 valence electrons. The van der Waals surface area contributed by atoms with Gasteiger partial charge in [-0.1, -0.05) is 334 Å². The van der Waals surface area contributed by atoms with Gasteiger partial charge in [0.05, 0.1) is 55.8 Å². The van der Waals surface area contributed by atoms with Crippen molar-refractivity contribution in [1.82, 2.24) is 18.3 Å². The molecule has 23 aromatic rings. The van der Waals surface area contributed by atoms with Crippen LogP contribution < -0.4 is 20.7 Å². The van der Waals surface area contributed by atoms with Gasteiger partial charge in [-0.05, 0) is 221 Å². The molecular weight excluding hydrogens is 1480 g/mol. The summed E-state index contributed by atoms with van der Waals surface area (Å²) < 4.78 is 9.68. The van der Waals surface area contributed by atoms with Crippen molar-refractivity contribution in [1.29, 1.82) is 5.26 Å². The lowest BCUT2D eigenvalue weighted by Gasteiger charge is -2.34. The Morgan fingerprint density at radius 2 is 0.397 bits per heavy atom. The average Bonchev–Trinajstić information content (AvgIpc) is 1.64. The molecule has 23 rings (SSSR count). The van der Waals surface area contributed by atoms with Crippen LogP contribution in [0.1, 0.15) is 5.56 Å². The summed E-state index contributed by atoms with van der Waals surface area (Å²) in [6.07, 6.45) is 0. The summed E-state index contributed by atoms with van der Waals surface area (Å²) in [4.78, 5) is 0. The lowest BCUT2D eigenvalue weighted by molar-refractivity contribution is 1.18. The summed E-state index contributed by atoms with van der Waals surface area (Å²) in [5.74, 6) is 0. The molecule has 0 aliphatic heterocycles. The molecular formula is C115H77N5Si. The molecule has 6 heteroatoms. The maximum Gasteiger partial charge on any atom is 0.179 e. The number of aromatic nitrogens is 4. The Morgan fingerprint density at radius 1 is 0.157 bits per heavy atom. The molecule has 4 aromatic heterocycles. The van der Waals surface area contributed by atoms with E-state index in [4.69, 9.17) is 0 Å². The molecule has 0 unspecified atom stereocenters. The molecule has 19 aromatic carbocycles. The van der Waals surface area contributed by atoms with E-state index in [-0.39, 0.29) is 0 Å². The minimum absolute atomic E-state index is 0.664. The number of para-hydroxylation sites is 3. The summed E-state index contributed by atoms with van der Waals surface area (Å²) in [6, 6.07) is 173. The number of hydrogen-bond acceptors (Lipinski definition) is 1. The normalized spacial score (nSPS) is 11.6. The second-order valence-electron chi connectivity index (χ2n) is 31.4. The van der Waals surface area contributed by atoms with Gasteiger partial charge in [-0.3, -0.25) is 0 Å². The van der Waals surface area contributed by atoms with Crippen LogP contribution in [-0.4, -0.2) is 26.3 Å². The molecule has 0 N–H and O–H groups in total. The first kappa shape index (κ1) is 71.6. The number of hydrogen-bond donors (Lipinski definition) is 0. The highest BCUT2D eigenvalue weighted by Crippen LogP contribution is 2.43. The zero-order chi connectivity index (χ0) is 80.3. The summed E-state index contributed by atoms with van der Waals surface area (Å²) in [6.45, 7) is 0.